The van der Waals surface area contributed by atoms with Crippen molar-refractivity contribution in [3.05, 3.63) is 82.3 Å². The molecule has 1 fully saturated rings. The first kappa shape index (κ1) is 23.6. The quantitative estimate of drug-likeness (QED) is 0.447. The maximum Gasteiger partial charge on any atom is 0.123 e. The molecule has 0 bridgehead atoms. The molecule has 6 rings (SSSR count). The van der Waals surface area contributed by atoms with Crippen LogP contribution < -0.4 is 21.4 Å². The molecule has 2 N–H and O–H groups in total. The number of nitrogens with zero attached hydrogens (tertiary/aromatic N) is 4. The lowest BCUT2D eigenvalue weighted by atomic mass is 9.93. The van der Waals surface area contributed by atoms with Gasteiger partial charge >= 0.3 is 0 Å². The fraction of sp³-hybridized carbons (Fsp3) is 0.300. The summed E-state index contributed by atoms with van der Waals surface area (Å²) in [4.78, 5) is 14.6. The van der Waals surface area contributed by atoms with E-state index in [2.05, 4.69) is 39.2 Å². The Kier molecular flexibility index (Phi) is 6.30. The third kappa shape index (κ3) is 4.91. The van der Waals surface area contributed by atoms with E-state index < -0.39 is 0 Å². The van der Waals surface area contributed by atoms with Crippen LogP contribution in [0.1, 0.15) is 44.2 Å². The predicted octanol–water partition coefficient (Wildman–Crippen LogP) is 4.12. The van der Waals surface area contributed by atoms with Crippen LogP contribution in [0.2, 0.25) is 0 Å². The number of nitrogens with one attached hydrogen (secondary N) is 1. The van der Waals surface area contributed by atoms with Crippen LogP contribution in [0.15, 0.2) is 59.7 Å². The molecule has 2 aromatic rings. The third-order valence-corrected chi connectivity index (χ3v) is 7.18. The molecule has 1 aromatic heterocycles. The van der Waals surface area contributed by atoms with Gasteiger partial charge in [0.05, 0.1) is 57.2 Å². The zero-order valence-corrected chi connectivity index (χ0v) is 20.9. The van der Waals surface area contributed by atoms with Gasteiger partial charge in [0.15, 0.2) is 0 Å². The maximum absolute atomic E-state index is 13.8. The van der Waals surface area contributed by atoms with Crippen molar-refractivity contribution in [2.75, 3.05) is 5.32 Å². The zero-order chi connectivity index (χ0) is 25.4. The van der Waals surface area contributed by atoms with Crippen LogP contribution in [0.4, 0.5) is 15.8 Å². The number of aryl methyl sites for hydroxylation is 1. The van der Waals surface area contributed by atoms with Gasteiger partial charge in [-0.3, -0.25) is 9.98 Å². The molecular formula is C30H30FN5O. The van der Waals surface area contributed by atoms with Crippen LogP contribution >= 0.6 is 0 Å². The Morgan fingerprint density at radius 3 is 2.54 bits per heavy atom. The van der Waals surface area contributed by atoms with Gasteiger partial charge in [-0.15, -0.1) is 0 Å². The molecule has 37 heavy (non-hydrogen) atoms. The van der Waals surface area contributed by atoms with E-state index in [0.717, 1.165) is 88.7 Å². The summed E-state index contributed by atoms with van der Waals surface area (Å²) in [6, 6.07) is 14.9. The van der Waals surface area contributed by atoms with Crippen LogP contribution in [0.3, 0.4) is 0 Å². The summed E-state index contributed by atoms with van der Waals surface area (Å²) in [7, 11) is 0. The van der Waals surface area contributed by atoms with Crippen molar-refractivity contribution in [3.8, 4) is 17.1 Å². The van der Waals surface area contributed by atoms with Crippen molar-refractivity contribution in [2.24, 2.45) is 4.99 Å². The van der Waals surface area contributed by atoms with E-state index >= 15 is 0 Å². The van der Waals surface area contributed by atoms with Crippen LogP contribution in [0.25, 0.3) is 29.2 Å². The zero-order valence-electron chi connectivity index (χ0n) is 20.9. The number of hydrogen-bond donors (Lipinski definition) is 2. The lowest BCUT2D eigenvalue weighted by Crippen LogP contribution is -2.40. The number of aliphatic hydroxyl groups excluding tert-OH is 1. The van der Waals surface area contributed by atoms with E-state index in [4.69, 9.17) is 9.98 Å². The summed E-state index contributed by atoms with van der Waals surface area (Å²) in [6.07, 6.45) is 11.1. The molecule has 1 saturated carbocycles. The Morgan fingerprint density at radius 2 is 1.78 bits per heavy atom. The number of anilines is 2. The molecule has 4 aliphatic rings. The Balaban J connectivity index is 1.59. The lowest BCUT2D eigenvalue weighted by Gasteiger charge is -2.23. The molecule has 3 aliphatic carbocycles. The standard InChI is InChI=1S/C30H30FN5O/c1-19-6-9-22(18-32-19)34-26-16-28-30(17-27(26)33-21-10-14-24(37)15-11-21)36(23-12-7-20(31)8-13-23)29-5-3-2-4-25(29)35-28/h4-9,12-13,16-18,21,24,34,37H,2-3,10-11,14-15H2,1H3/b33-27+/t21-,24-. The number of benzene rings is 2. The number of hydrogen-bond acceptors (Lipinski definition) is 5. The summed E-state index contributed by atoms with van der Waals surface area (Å²) in [5.74, 6) is -0.263. The van der Waals surface area contributed by atoms with E-state index in [1.807, 2.05) is 25.3 Å². The highest BCUT2D eigenvalue weighted by Crippen LogP contribution is 2.25. The summed E-state index contributed by atoms with van der Waals surface area (Å²) >= 11 is 0. The highest BCUT2D eigenvalue weighted by molar-refractivity contribution is 5.70. The van der Waals surface area contributed by atoms with E-state index in [1.54, 1.807) is 12.1 Å². The smallest absolute Gasteiger partial charge is 0.123 e. The summed E-state index contributed by atoms with van der Waals surface area (Å²) in [6.45, 7) is 1.97. The van der Waals surface area contributed by atoms with Gasteiger partial charge in [-0.2, -0.15) is 0 Å². The fourth-order valence-electron chi connectivity index (χ4n) is 5.21. The number of fused-ring (bicyclic) bond motifs is 2. The van der Waals surface area contributed by atoms with Gasteiger partial charge in [-0.25, -0.2) is 9.37 Å². The number of aromatic nitrogens is 3. The molecule has 188 valence electrons. The molecule has 0 atom stereocenters. The molecule has 0 saturated heterocycles. The largest absolute Gasteiger partial charge is 0.393 e. The molecule has 1 aromatic carbocycles. The van der Waals surface area contributed by atoms with E-state index in [1.165, 1.54) is 12.1 Å². The van der Waals surface area contributed by atoms with Crippen LogP contribution in [-0.4, -0.2) is 31.8 Å². The average Bonchev–Trinajstić information content (AvgIpc) is 2.91. The van der Waals surface area contributed by atoms with Gasteiger partial charge in [0.25, 0.3) is 0 Å². The Hall–Kier alpha value is -3.84. The number of pyridine rings is 1. The topological polar surface area (TPSA) is 75.3 Å². The Labute approximate surface area is 214 Å². The molecule has 7 heteroatoms. The molecule has 0 spiro atoms. The monoisotopic (exact) mass is 495 g/mol. The Morgan fingerprint density at radius 1 is 1.00 bits per heavy atom. The molecular weight excluding hydrogens is 465 g/mol. The number of aliphatic hydroxyl groups is 1. The highest BCUT2D eigenvalue weighted by atomic mass is 19.1. The summed E-state index contributed by atoms with van der Waals surface area (Å²) in [5.41, 5.74) is 5.32. The second kappa shape index (κ2) is 9.90. The first-order valence-electron chi connectivity index (χ1n) is 13.0. The van der Waals surface area contributed by atoms with Crippen LogP contribution in [-0.2, 0) is 0 Å². The van der Waals surface area contributed by atoms with E-state index in [0.29, 0.717) is 0 Å². The van der Waals surface area contributed by atoms with Crippen LogP contribution in [0, 0.1) is 12.7 Å². The first-order valence-corrected chi connectivity index (χ1v) is 13.0. The minimum absolute atomic E-state index is 0.141. The maximum atomic E-state index is 13.8. The van der Waals surface area contributed by atoms with Gasteiger partial charge in [-0.05, 0) is 94.0 Å². The molecule has 1 aliphatic heterocycles. The summed E-state index contributed by atoms with van der Waals surface area (Å²) < 4.78 is 16.0. The van der Waals surface area contributed by atoms with Gasteiger partial charge in [0, 0.05) is 11.4 Å². The molecule has 2 heterocycles. The Bertz CT molecular complexity index is 1580. The SMILES string of the molecule is Cc1ccc(Nc2cc3nc4c(n(-c5ccc(F)cc5)c-3c/c2=N\[C@H]2CC[C@H](O)CC2)=CCCC=4)cn1. The van der Waals surface area contributed by atoms with Gasteiger partial charge in [0.2, 0.25) is 0 Å². The van der Waals surface area contributed by atoms with Crippen molar-refractivity contribution < 1.29 is 9.50 Å². The molecule has 0 radical (unpaired) electrons. The van der Waals surface area contributed by atoms with Gasteiger partial charge in [-0.1, -0.05) is 12.2 Å². The fourth-order valence-corrected chi connectivity index (χ4v) is 5.21. The number of rotatable bonds is 4. The first-order chi connectivity index (χ1) is 18.0. The minimum Gasteiger partial charge on any atom is -0.393 e. The molecule has 0 unspecified atom stereocenters. The second-order valence-electron chi connectivity index (χ2n) is 9.94. The number of halogens is 1. The molecule has 0 amide bonds. The second-order valence-corrected chi connectivity index (χ2v) is 9.94. The van der Waals surface area contributed by atoms with Crippen molar-refractivity contribution in [1.29, 1.82) is 0 Å². The highest BCUT2D eigenvalue weighted by Gasteiger charge is 2.20. The van der Waals surface area contributed by atoms with E-state index in [9.17, 15) is 9.50 Å². The normalized spacial score (nSPS) is 19.7. The average molecular weight is 496 g/mol. The van der Waals surface area contributed by atoms with Crippen molar-refractivity contribution in [2.45, 2.75) is 57.6 Å². The van der Waals surface area contributed by atoms with Gasteiger partial charge < -0.3 is 15.0 Å². The van der Waals surface area contributed by atoms with Gasteiger partial charge in [0.1, 0.15) is 5.82 Å². The lowest BCUT2D eigenvalue weighted by molar-refractivity contribution is 0.123. The minimum atomic E-state index is -0.263. The predicted molar refractivity (Wildman–Crippen MR) is 144 cm³/mol. The summed E-state index contributed by atoms with van der Waals surface area (Å²) in [5, 5.41) is 16.3. The van der Waals surface area contributed by atoms with Crippen molar-refractivity contribution >= 4 is 23.5 Å². The van der Waals surface area contributed by atoms with Crippen LogP contribution in [0.5, 0.6) is 0 Å². The molecule has 6 nitrogen and oxygen atoms in total. The van der Waals surface area contributed by atoms with E-state index in [-0.39, 0.29) is 18.0 Å². The third-order valence-electron chi connectivity index (χ3n) is 7.18. The van der Waals surface area contributed by atoms with Crippen molar-refractivity contribution in [3.63, 3.8) is 0 Å². The van der Waals surface area contributed by atoms with Crippen molar-refractivity contribution in [1.82, 2.24) is 14.5 Å².